The largest absolute Gasteiger partial charge is 0.467 e. The minimum absolute atomic E-state index is 0.00680. The van der Waals surface area contributed by atoms with Crippen molar-refractivity contribution in [2.24, 2.45) is 0 Å². The Balaban J connectivity index is 1.54. The first-order valence-electron chi connectivity index (χ1n) is 9.62. The number of carbonyl (C=O) groups excluding carboxylic acids is 1. The van der Waals surface area contributed by atoms with Gasteiger partial charge in [-0.15, -0.1) is 0 Å². The Morgan fingerprint density at radius 2 is 2.17 bits per heavy atom. The molecule has 0 spiro atoms. The van der Waals surface area contributed by atoms with Gasteiger partial charge < -0.3 is 14.1 Å². The summed E-state index contributed by atoms with van der Waals surface area (Å²) in [6.07, 6.45) is 3.52. The molecule has 1 aliphatic heterocycles. The third-order valence-electron chi connectivity index (χ3n) is 4.96. The number of benzene rings is 1. The van der Waals surface area contributed by atoms with E-state index < -0.39 is 0 Å². The number of rotatable bonds is 7. The monoisotopic (exact) mass is 413 g/mol. The van der Waals surface area contributed by atoms with Crippen molar-refractivity contribution in [2.45, 2.75) is 37.2 Å². The van der Waals surface area contributed by atoms with Gasteiger partial charge in [0.15, 0.2) is 5.16 Å². The van der Waals surface area contributed by atoms with Crippen molar-refractivity contribution < 1.29 is 13.9 Å². The molecule has 3 heterocycles. The molecule has 1 amide bonds. The number of para-hydroxylation sites is 1. The zero-order valence-corrected chi connectivity index (χ0v) is 17.1. The Kier molecular flexibility index (Phi) is 6.01. The molecular formula is C21H23N3O4S. The third-order valence-corrected chi connectivity index (χ3v) is 5.92. The average Bonchev–Trinajstić information content (AvgIpc) is 3.43. The lowest BCUT2D eigenvalue weighted by Crippen LogP contribution is -2.30. The smallest absolute Gasteiger partial charge is 0.262 e. The van der Waals surface area contributed by atoms with Crippen molar-refractivity contribution in [3.63, 3.8) is 0 Å². The number of nitrogens with zero attached hydrogens (tertiary/aromatic N) is 3. The van der Waals surface area contributed by atoms with E-state index in [1.54, 1.807) is 34.9 Å². The summed E-state index contributed by atoms with van der Waals surface area (Å²) in [5.41, 5.74) is 0.546. The summed E-state index contributed by atoms with van der Waals surface area (Å²) < 4.78 is 12.7. The standard InChI is InChI=1S/C21H23N3O4S/c1-23(12-15-6-4-10-27-15)19(25)14-29-21-22-18-9-3-2-8-17(18)20(26)24(21)13-16-7-5-11-28-16/h2-4,6,8-10,16H,5,7,11-14H2,1H3/t16-/m1/s1. The summed E-state index contributed by atoms with van der Waals surface area (Å²) in [5, 5.41) is 1.13. The number of aromatic nitrogens is 2. The van der Waals surface area contributed by atoms with Crippen LogP contribution in [-0.2, 0) is 22.6 Å². The summed E-state index contributed by atoms with van der Waals surface area (Å²) in [6, 6.07) is 10.9. The molecule has 7 nitrogen and oxygen atoms in total. The molecule has 4 rings (SSSR count). The van der Waals surface area contributed by atoms with E-state index in [9.17, 15) is 9.59 Å². The number of amides is 1. The van der Waals surface area contributed by atoms with Crippen molar-refractivity contribution >= 4 is 28.6 Å². The minimum atomic E-state index is -0.0926. The van der Waals surface area contributed by atoms with Crippen molar-refractivity contribution in [3.8, 4) is 0 Å². The molecule has 2 aromatic heterocycles. The van der Waals surface area contributed by atoms with Gasteiger partial charge in [0, 0.05) is 13.7 Å². The molecule has 0 aliphatic carbocycles. The maximum absolute atomic E-state index is 13.1. The minimum Gasteiger partial charge on any atom is -0.467 e. The van der Waals surface area contributed by atoms with Crippen molar-refractivity contribution in [3.05, 3.63) is 58.8 Å². The number of thioether (sulfide) groups is 1. The number of hydrogen-bond donors (Lipinski definition) is 0. The van der Waals surface area contributed by atoms with E-state index >= 15 is 0 Å². The van der Waals surface area contributed by atoms with Crippen LogP contribution < -0.4 is 5.56 Å². The number of fused-ring (bicyclic) bond motifs is 1. The number of carbonyl (C=O) groups is 1. The molecule has 0 radical (unpaired) electrons. The molecule has 8 heteroatoms. The van der Waals surface area contributed by atoms with E-state index in [1.807, 2.05) is 24.3 Å². The van der Waals surface area contributed by atoms with Crippen LogP contribution in [0, 0.1) is 0 Å². The SMILES string of the molecule is CN(Cc1ccco1)C(=O)CSc1nc2ccccc2c(=O)n1C[C@H]1CCCO1. The van der Waals surface area contributed by atoms with Crippen LogP contribution in [0.3, 0.4) is 0 Å². The molecule has 1 saturated heterocycles. The number of furan rings is 1. The molecule has 1 fully saturated rings. The van der Waals surface area contributed by atoms with Crippen molar-refractivity contribution in [1.82, 2.24) is 14.5 Å². The maximum atomic E-state index is 13.1. The van der Waals surface area contributed by atoms with Crippen LogP contribution in [0.15, 0.2) is 57.0 Å². The lowest BCUT2D eigenvalue weighted by atomic mass is 10.2. The first-order chi connectivity index (χ1) is 14.1. The van der Waals surface area contributed by atoms with Gasteiger partial charge >= 0.3 is 0 Å². The average molecular weight is 413 g/mol. The molecule has 3 aromatic rings. The third kappa shape index (κ3) is 4.54. The van der Waals surface area contributed by atoms with E-state index in [4.69, 9.17) is 9.15 Å². The van der Waals surface area contributed by atoms with Crippen LogP contribution in [-0.4, -0.2) is 45.9 Å². The number of ether oxygens (including phenoxy) is 1. The quantitative estimate of drug-likeness (QED) is 0.438. The summed E-state index contributed by atoms with van der Waals surface area (Å²) in [6.45, 7) is 1.58. The molecule has 1 atom stereocenters. The van der Waals surface area contributed by atoms with Crippen molar-refractivity contribution in [1.29, 1.82) is 0 Å². The Bertz CT molecular complexity index is 1040. The lowest BCUT2D eigenvalue weighted by molar-refractivity contribution is -0.127. The summed E-state index contributed by atoms with van der Waals surface area (Å²) in [4.78, 5) is 31.9. The molecule has 152 valence electrons. The van der Waals surface area contributed by atoms with Crippen LogP contribution in [0.5, 0.6) is 0 Å². The highest BCUT2D eigenvalue weighted by atomic mass is 32.2. The predicted molar refractivity (Wildman–Crippen MR) is 111 cm³/mol. The van der Waals surface area contributed by atoms with Crippen LogP contribution in [0.2, 0.25) is 0 Å². The Morgan fingerprint density at radius 3 is 2.93 bits per heavy atom. The number of hydrogen-bond acceptors (Lipinski definition) is 6. The Labute approximate surface area is 172 Å². The fourth-order valence-electron chi connectivity index (χ4n) is 3.37. The van der Waals surface area contributed by atoms with Crippen LogP contribution >= 0.6 is 11.8 Å². The van der Waals surface area contributed by atoms with E-state index in [0.29, 0.717) is 29.1 Å². The zero-order chi connectivity index (χ0) is 20.2. The zero-order valence-electron chi connectivity index (χ0n) is 16.2. The second kappa shape index (κ2) is 8.84. The van der Waals surface area contributed by atoms with Gasteiger partial charge in [-0.25, -0.2) is 4.98 Å². The lowest BCUT2D eigenvalue weighted by Gasteiger charge is -2.18. The summed E-state index contributed by atoms with van der Waals surface area (Å²) in [7, 11) is 1.73. The topological polar surface area (TPSA) is 77.6 Å². The van der Waals surface area contributed by atoms with E-state index in [-0.39, 0.29) is 23.3 Å². The highest BCUT2D eigenvalue weighted by molar-refractivity contribution is 7.99. The normalized spacial score (nSPS) is 16.4. The van der Waals surface area contributed by atoms with E-state index in [2.05, 4.69) is 4.98 Å². The van der Waals surface area contributed by atoms with Gasteiger partial charge in [0.25, 0.3) is 5.56 Å². The first kappa shape index (κ1) is 19.7. The second-order valence-electron chi connectivity index (χ2n) is 7.08. The van der Waals surface area contributed by atoms with Gasteiger partial charge in [-0.2, -0.15) is 0 Å². The molecule has 1 aromatic carbocycles. The highest BCUT2D eigenvalue weighted by Crippen LogP contribution is 2.21. The maximum Gasteiger partial charge on any atom is 0.262 e. The Morgan fingerprint density at radius 1 is 1.31 bits per heavy atom. The Hall–Kier alpha value is -2.58. The highest BCUT2D eigenvalue weighted by Gasteiger charge is 2.21. The first-order valence-corrected chi connectivity index (χ1v) is 10.6. The van der Waals surface area contributed by atoms with Gasteiger partial charge in [-0.05, 0) is 37.1 Å². The van der Waals surface area contributed by atoms with Gasteiger partial charge in [-0.1, -0.05) is 23.9 Å². The molecule has 29 heavy (non-hydrogen) atoms. The van der Waals surface area contributed by atoms with E-state index in [0.717, 1.165) is 25.2 Å². The van der Waals surface area contributed by atoms with Gasteiger partial charge in [0.05, 0.1) is 42.1 Å². The fourth-order valence-corrected chi connectivity index (χ4v) is 4.32. The van der Waals surface area contributed by atoms with Crippen molar-refractivity contribution in [2.75, 3.05) is 19.4 Å². The van der Waals surface area contributed by atoms with Crippen LogP contribution in [0.1, 0.15) is 18.6 Å². The molecule has 0 N–H and O–H groups in total. The fraction of sp³-hybridized carbons (Fsp3) is 0.381. The molecular weight excluding hydrogens is 390 g/mol. The van der Waals surface area contributed by atoms with Gasteiger partial charge in [0.1, 0.15) is 5.76 Å². The molecule has 0 bridgehead atoms. The summed E-state index contributed by atoms with van der Waals surface area (Å²) in [5.74, 6) is 0.857. The van der Waals surface area contributed by atoms with E-state index in [1.165, 1.54) is 11.8 Å². The van der Waals surface area contributed by atoms with Crippen LogP contribution in [0.25, 0.3) is 10.9 Å². The van der Waals surface area contributed by atoms with Gasteiger partial charge in [0.2, 0.25) is 5.91 Å². The molecule has 0 unspecified atom stereocenters. The molecule has 1 aliphatic rings. The molecule has 0 saturated carbocycles. The van der Waals surface area contributed by atoms with Crippen LogP contribution in [0.4, 0.5) is 0 Å². The predicted octanol–water partition coefficient (Wildman–Crippen LogP) is 2.92. The van der Waals surface area contributed by atoms with Gasteiger partial charge in [-0.3, -0.25) is 14.2 Å². The second-order valence-corrected chi connectivity index (χ2v) is 8.02. The summed E-state index contributed by atoms with van der Waals surface area (Å²) >= 11 is 1.28.